The Labute approximate surface area is 201 Å². The molecule has 2 aliphatic rings. The maximum Gasteiger partial charge on any atom is 0.170 e. The van der Waals surface area contributed by atoms with Gasteiger partial charge in [-0.1, -0.05) is 31.2 Å². The number of aryl methyl sites for hydroxylation is 2. The first-order chi connectivity index (χ1) is 16.1. The number of nitrogens with zero attached hydrogens (tertiary/aromatic N) is 3. The third-order valence-electron chi connectivity index (χ3n) is 7.02. The third kappa shape index (κ3) is 4.06. The van der Waals surface area contributed by atoms with Gasteiger partial charge in [-0.2, -0.15) is 0 Å². The van der Waals surface area contributed by atoms with E-state index in [-0.39, 0.29) is 18.2 Å². The fourth-order valence-electron chi connectivity index (χ4n) is 5.43. The van der Waals surface area contributed by atoms with Gasteiger partial charge in [-0.25, -0.2) is 0 Å². The van der Waals surface area contributed by atoms with Crippen LogP contribution >= 0.6 is 12.2 Å². The van der Waals surface area contributed by atoms with Crippen LogP contribution in [0.25, 0.3) is 5.69 Å². The van der Waals surface area contributed by atoms with Gasteiger partial charge in [-0.3, -0.25) is 4.98 Å². The van der Waals surface area contributed by atoms with Crippen molar-refractivity contribution in [3.05, 3.63) is 82.9 Å². The van der Waals surface area contributed by atoms with Crippen LogP contribution in [-0.4, -0.2) is 38.8 Å². The number of hydrogen-bond acceptors (Lipinski definition) is 3. The van der Waals surface area contributed by atoms with Crippen molar-refractivity contribution in [2.75, 3.05) is 13.2 Å². The van der Waals surface area contributed by atoms with E-state index in [9.17, 15) is 0 Å². The average Bonchev–Trinajstić information content (AvgIpc) is 3.53. The minimum absolute atomic E-state index is 0.00419. The Kier molecular flexibility index (Phi) is 6.21. The van der Waals surface area contributed by atoms with Gasteiger partial charge in [-0.15, -0.1) is 0 Å². The molecular weight excluding hydrogens is 428 g/mol. The van der Waals surface area contributed by atoms with Gasteiger partial charge >= 0.3 is 0 Å². The SMILES string of the molecule is CCc1ccccc1-n1c(C)cc([C@H]2[C@@H](c3ccccn3)NC(=S)N2C[C@@H]2CCCO2)c1C. The number of aromatic nitrogens is 2. The van der Waals surface area contributed by atoms with Gasteiger partial charge in [0.25, 0.3) is 0 Å². The first-order valence-corrected chi connectivity index (χ1v) is 12.4. The number of rotatable bonds is 6. The van der Waals surface area contributed by atoms with E-state index >= 15 is 0 Å². The molecule has 5 nitrogen and oxygen atoms in total. The topological polar surface area (TPSA) is 42.3 Å². The molecule has 3 atom stereocenters. The van der Waals surface area contributed by atoms with Gasteiger partial charge in [0.05, 0.1) is 23.9 Å². The molecular formula is C27H32N4OS. The van der Waals surface area contributed by atoms with E-state index in [0.29, 0.717) is 0 Å². The number of benzene rings is 1. The normalized spacial score (nSPS) is 22.7. The van der Waals surface area contributed by atoms with Crippen LogP contribution in [-0.2, 0) is 11.2 Å². The lowest BCUT2D eigenvalue weighted by molar-refractivity contribution is 0.0842. The van der Waals surface area contributed by atoms with Crippen LogP contribution in [0.2, 0.25) is 0 Å². The van der Waals surface area contributed by atoms with Crippen LogP contribution in [0, 0.1) is 13.8 Å². The Morgan fingerprint density at radius 3 is 2.70 bits per heavy atom. The fourth-order valence-corrected chi connectivity index (χ4v) is 5.75. The fraction of sp³-hybridized carbons (Fsp3) is 0.407. The molecule has 0 amide bonds. The molecule has 0 aliphatic carbocycles. The lowest BCUT2D eigenvalue weighted by Crippen LogP contribution is -2.36. The molecule has 1 aromatic carbocycles. The van der Waals surface area contributed by atoms with E-state index in [1.807, 2.05) is 18.3 Å². The molecule has 1 N–H and O–H groups in total. The highest BCUT2D eigenvalue weighted by molar-refractivity contribution is 7.80. The van der Waals surface area contributed by atoms with E-state index in [1.54, 1.807) is 0 Å². The highest BCUT2D eigenvalue weighted by atomic mass is 32.1. The van der Waals surface area contributed by atoms with Gasteiger partial charge in [0.15, 0.2) is 5.11 Å². The highest BCUT2D eigenvalue weighted by Crippen LogP contribution is 2.42. The van der Waals surface area contributed by atoms with Gasteiger partial charge in [0.2, 0.25) is 0 Å². The average molecular weight is 461 g/mol. The number of pyridine rings is 1. The summed E-state index contributed by atoms with van der Waals surface area (Å²) in [5, 5.41) is 4.37. The predicted octanol–water partition coefficient (Wildman–Crippen LogP) is 5.20. The zero-order valence-electron chi connectivity index (χ0n) is 19.6. The van der Waals surface area contributed by atoms with Crippen molar-refractivity contribution >= 4 is 17.3 Å². The maximum atomic E-state index is 6.00. The molecule has 0 radical (unpaired) electrons. The smallest absolute Gasteiger partial charge is 0.170 e. The van der Waals surface area contributed by atoms with Crippen LogP contribution in [0.4, 0.5) is 0 Å². The minimum Gasteiger partial charge on any atom is -0.376 e. The molecule has 33 heavy (non-hydrogen) atoms. The lowest BCUT2D eigenvalue weighted by atomic mass is 9.96. The van der Waals surface area contributed by atoms with E-state index in [0.717, 1.165) is 43.2 Å². The molecule has 0 spiro atoms. The Hall–Kier alpha value is -2.70. The molecule has 6 heteroatoms. The molecule has 0 unspecified atom stereocenters. The second kappa shape index (κ2) is 9.27. The van der Waals surface area contributed by atoms with E-state index in [4.69, 9.17) is 21.9 Å². The first kappa shape index (κ1) is 22.1. The van der Waals surface area contributed by atoms with Crippen molar-refractivity contribution in [1.29, 1.82) is 0 Å². The zero-order valence-corrected chi connectivity index (χ0v) is 20.4. The summed E-state index contributed by atoms with van der Waals surface area (Å²) in [6.07, 6.45) is 5.29. The summed E-state index contributed by atoms with van der Waals surface area (Å²) in [4.78, 5) is 7.03. The standard InChI is InChI=1S/C27H32N4OS/c1-4-20-10-5-6-13-24(20)31-18(2)16-22(19(31)3)26-25(23-12-7-8-14-28-23)29-27(33)30(26)17-21-11-9-15-32-21/h5-8,10,12-14,16,21,25-26H,4,9,11,15,17H2,1-3H3,(H,29,33)/t21-,25+,26-/m0/s1. The minimum atomic E-state index is -0.00419. The van der Waals surface area contributed by atoms with Gasteiger partial charge < -0.3 is 19.5 Å². The van der Waals surface area contributed by atoms with Gasteiger partial charge in [0, 0.05) is 36.4 Å². The highest BCUT2D eigenvalue weighted by Gasteiger charge is 2.42. The number of ether oxygens (including phenoxy) is 1. The van der Waals surface area contributed by atoms with Crippen molar-refractivity contribution in [2.24, 2.45) is 0 Å². The quantitative estimate of drug-likeness (QED) is 0.512. The molecule has 172 valence electrons. The molecule has 4 heterocycles. The Bertz CT molecular complexity index is 1140. The molecule has 5 rings (SSSR count). The summed E-state index contributed by atoms with van der Waals surface area (Å²) in [5.74, 6) is 0. The monoisotopic (exact) mass is 460 g/mol. The number of nitrogens with one attached hydrogen (secondary N) is 1. The second-order valence-electron chi connectivity index (χ2n) is 9.06. The Morgan fingerprint density at radius 1 is 1.15 bits per heavy atom. The summed E-state index contributed by atoms with van der Waals surface area (Å²) in [6.45, 7) is 8.29. The van der Waals surface area contributed by atoms with Crippen LogP contribution in [0.3, 0.4) is 0 Å². The molecule has 2 aromatic heterocycles. The molecule has 0 bridgehead atoms. The van der Waals surface area contributed by atoms with Crippen LogP contribution in [0.5, 0.6) is 0 Å². The van der Waals surface area contributed by atoms with Crippen LogP contribution in [0.15, 0.2) is 54.7 Å². The van der Waals surface area contributed by atoms with Crippen molar-refractivity contribution < 1.29 is 4.74 Å². The van der Waals surface area contributed by atoms with E-state index in [2.05, 4.69) is 72.0 Å². The third-order valence-corrected chi connectivity index (χ3v) is 7.38. The number of hydrogen-bond donors (Lipinski definition) is 1. The van der Waals surface area contributed by atoms with Gasteiger partial charge in [0.1, 0.15) is 0 Å². The number of thiocarbonyl (C=S) groups is 1. The molecule has 3 aromatic rings. The largest absolute Gasteiger partial charge is 0.376 e. The molecule has 2 fully saturated rings. The number of para-hydroxylation sites is 1. The van der Waals surface area contributed by atoms with E-state index in [1.165, 1.54) is 28.2 Å². The summed E-state index contributed by atoms with van der Waals surface area (Å²) in [5.41, 5.74) is 7.40. The first-order valence-electron chi connectivity index (χ1n) is 11.9. The zero-order chi connectivity index (χ0) is 22.9. The molecule has 0 saturated carbocycles. The maximum absolute atomic E-state index is 6.00. The molecule has 2 saturated heterocycles. The van der Waals surface area contributed by atoms with E-state index < -0.39 is 0 Å². The second-order valence-corrected chi connectivity index (χ2v) is 9.44. The summed E-state index contributed by atoms with van der Waals surface area (Å²) >= 11 is 5.87. The van der Waals surface area contributed by atoms with Gasteiger partial charge in [-0.05, 0) is 80.7 Å². The van der Waals surface area contributed by atoms with Crippen LogP contribution in [0.1, 0.15) is 60.1 Å². The summed E-state index contributed by atoms with van der Waals surface area (Å²) in [6, 6.07) is 17.2. The Balaban J connectivity index is 1.61. The van der Waals surface area contributed by atoms with Crippen molar-refractivity contribution in [3.63, 3.8) is 0 Å². The lowest BCUT2D eigenvalue weighted by Gasteiger charge is -2.30. The summed E-state index contributed by atoms with van der Waals surface area (Å²) in [7, 11) is 0. The summed E-state index contributed by atoms with van der Waals surface area (Å²) < 4.78 is 8.40. The van der Waals surface area contributed by atoms with Crippen molar-refractivity contribution in [2.45, 2.75) is 58.2 Å². The van der Waals surface area contributed by atoms with Crippen LogP contribution < -0.4 is 5.32 Å². The molecule has 2 aliphatic heterocycles. The predicted molar refractivity (Wildman–Crippen MR) is 136 cm³/mol. The van der Waals surface area contributed by atoms with Crippen molar-refractivity contribution in [1.82, 2.24) is 19.8 Å². The Morgan fingerprint density at radius 2 is 1.97 bits per heavy atom. The van der Waals surface area contributed by atoms with Crippen molar-refractivity contribution in [3.8, 4) is 5.69 Å².